The molecule has 0 atom stereocenters. The summed E-state index contributed by atoms with van der Waals surface area (Å²) in [5.41, 5.74) is -0.976. The predicted molar refractivity (Wildman–Crippen MR) is 65.2 cm³/mol. The van der Waals surface area contributed by atoms with Gasteiger partial charge in [0.05, 0.1) is 11.2 Å². The van der Waals surface area contributed by atoms with Gasteiger partial charge in [0.1, 0.15) is 0 Å². The van der Waals surface area contributed by atoms with Gasteiger partial charge >= 0.3 is 5.97 Å². The quantitative estimate of drug-likeness (QED) is 0.689. The monoisotopic (exact) mass is 263 g/mol. The molecule has 0 aromatic carbocycles. The molecular formula is C11H21NO4S. The highest BCUT2D eigenvalue weighted by Gasteiger charge is 2.36. The van der Waals surface area contributed by atoms with E-state index in [1.54, 1.807) is 13.8 Å². The van der Waals surface area contributed by atoms with Crippen LogP contribution in [0.3, 0.4) is 0 Å². The zero-order valence-corrected chi connectivity index (χ0v) is 11.2. The van der Waals surface area contributed by atoms with Crippen molar-refractivity contribution in [3.63, 3.8) is 0 Å². The van der Waals surface area contributed by atoms with Crippen LogP contribution < -0.4 is 4.72 Å². The average Bonchev–Trinajstić information content (AvgIpc) is 3.02. The smallest absolute Gasteiger partial charge is 0.310 e. The third-order valence-corrected chi connectivity index (χ3v) is 5.08. The summed E-state index contributed by atoms with van der Waals surface area (Å²) in [6.45, 7) is 3.53. The van der Waals surface area contributed by atoms with E-state index in [9.17, 15) is 18.3 Å². The molecule has 0 radical (unpaired) electrons. The van der Waals surface area contributed by atoms with Crippen LogP contribution in [0.2, 0.25) is 0 Å². The van der Waals surface area contributed by atoms with Crippen molar-refractivity contribution in [3.8, 4) is 0 Å². The molecule has 0 aromatic rings. The van der Waals surface area contributed by atoms with Crippen LogP contribution in [0.1, 0.15) is 39.5 Å². The van der Waals surface area contributed by atoms with Crippen LogP contribution in [0.4, 0.5) is 0 Å². The standard InChI is InChI=1S/C11H21NO4S/c1-3-11(4-2,10(13)14)8-12-17(15,16)7-9-5-6-9/h9,12H,3-8H2,1-2H3,(H,13,14). The molecule has 100 valence electrons. The Morgan fingerprint density at radius 1 is 1.35 bits per heavy atom. The van der Waals surface area contributed by atoms with Crippen molar-refractivity contribution in [1.29, 1.82) is 0 Å². The molecule has 0 amide bonds. The van der Waals surface area contributed by atoms with Gasteiger partial charge in [-0.2, -0.15) is 0 Å². The van der Waals surface area contributed by atoms with Crippen molar-refractivity contribution < 1.29 is 18.3 Å². The Labute approximate surface area is 103 Å². The predicted octanol–water partition coefficient (Wildman–Crippen LogP) is 1.21. The Hall–Kier alpha value is -0.620. The maximum absolute atomic E-state index is 11.7. The van der Waals surface area contributed by atoms with E-state index in [-0.39, 0.29) is 18.2 Å². The molecule has 6 heteroatoms. The fourth-order valence-electron chi connectivity index (χ4n) is 1.78. The van der Waals surface area contributed by atoms with Gasteiger partial charge in [0, 0.05) is 6.54 Å². The molecule has 2 N–H and O–H groups in total. The Kier molecular flexibility index (Phi) is 4.55. The molecular weight excluding hydrogens is 242 g/mol. The van der Waals surface area contributed by atoms with Crippen LogP contribution in [-0.4, -0.2) is 31.8 Å². The zero-order valence-electron chi connectivity index (χ0n) is 10.4. The second kappa shape index (κ2) is 5.35. The van der Waals surface area contributed by atoms with E-state index >= 15 is 0 Å². The fourth-order valence-corrected chi connectivity index (χ4v) is 3.35. The number of carbonyl (C=O) groups is 1. The molecule has 0 saturated heterocycles. The summed E-state index contributed by atoms with van der Waals surface area (Å²) in [6, 6.07) is 0. The molecule has 0 aliphatic heterocycles. The third-order valence-electron chi connectivity index (χ3n) is 3.59. The van der Waals surface area contributed by atoms with Crippen LogP contribution in [-0.2, 0) is 14.8 Å². The molecule has 0 unspecified atom stereocenters. The first-order valence-corrected chi connectivity index (χ1v) is 7.71. The minimum atomic E-state index is -3.32. The minimum absolute atomic E-state index is 0.00954. The molecule has 0 bridgehead atoms. The largest absolute Gasteiger partial charge is 0.481 e. The lowest BCUT2D eigenvalue weighted by Crippen LogP contribution is -2.43. The first-order valence-electron chi connectivity index (χ1n) is 6.06. The van der Waals surface area contributed by atoms with E-state index in [4.69, 9.17) is 0 Å². The lowest BCUT2D eigenvalue weighted by Gasteiger charge is -2.26. The Morgan fingerprint density at radius 2 is 1.88 bits per heavy atom. The zero-order chi connectivity index (χ0) is 13.1. The van der Waals surface area contributed by atoms with Crippen molar-refractivity contribution in [1.82, 2.24) is 4.72 Å². The Balaban J connectivity index is 2.59. The number of carboxylic acid groups (broad SMARTS) is 1. The molecule has 1 aliphatic carbocycles. The molecule has 0 heterocycles. The second-order valence-corrected chi connectivity index (χ2v) is 6.69. The van der Waals surface area contributed by atoms with Gasteiger partial charge in [-0.05, 0) is 31.6 Å². The van der Waals surface area contributed by atoms with Gasteiger partial charge in [0.2, 0.25) is 10.0 Å². The molecule has 1 saturated carbocycles. The molecule has 0 aromatic heterocycles. The summed E-state index contributed by atoms with van der Waals surface area (Å²) >= 11 is 0. The summed E-state index contributed by atoms with van der Waals surface area (Å²) in [5.74, 6) is -0.526. The molecule has 5 nitrogen and oxygen atoms in total. The Morgan fingerprint density at radius 3 is 2.24 bits per heavy atom. The lowest BCUT2D eigenvalue weighted by atomic mass is 9.83. The van der Waals surface area contributed by atoms with Crippen LogP contribution in [0.5, 0.6) is 0 Å². The van der Waals surface area contributed by atoms with Crippen molar-refractivity contribution in [2.45, 2.75) is 39.5 Å². The average molecular weight is 263 g/mol. The summed E-state index contributed by atoms with van der Waals surface area (Å²) in [6.07, 6.45) is 2.77. The summed E-state index contributed by atoms with van der Waals surface area (Å²) < 4.78 is 25.8. The lowest BCUT2D eigenvalue weighted by molar-refractivity contribution is -0.149. The number of rotatable bonds is 8. The number of nitrogens with one attached hydrogen (secondary N) is 1. The third kappa shape index (κ3) is 3.96. The molecule has 1 rings (SSSR count). The van der Waals surface area contributed by atoms with E-state index in [0.717, 1.165) is 12.8 Å². The van der Waals surface area contributed by atoms with E-state index in [1.165, 1.54) is 0 Å². The molecule has 17 heavy (non-hydrogen) atoms. The minimum Gasteiger partial charge on any atom is -0.481 e. The SMILES string of the molecule is CCC(CC)(CNS(=O)(=O)CC1CC1)C(=O)O. The van der Waals surface area contributed by atoms with Crippen molar-refractivity contribution in [2.75, 3.05) is 12.3 Å². The van der Waals surface area contributed by atoms with Gasteiger partial charge in [-0.1, -0.05) is 13.8 Å². The number of hydrogen-bond acceptors (Lipinski definition) is 3. The highest BCUT2D eigenvalue weighted by Crippen LogP contribution is 2.30. The number of hydrogen-bond donors (Lipinski definition) is 2. The number of aliphatic carboxylic acids is 1. The van der Waals surface area contributed by atoms with E-state index in [1.807, 2.05) is 0 Å². The topological polar surface area (TPSA) is 83.5 Å². The maximum atomic E-state index is 11.7. The van der Waals surface area contributed by atoms with Crippen LogP contribution in [0.15, 0.2) is 0 Å². The molecule has 1 fully saturated rings. The van der Waals surface area contributed by atoms with E-state index in [0.29, 0.717) is 12.8 Å². The summed E-state index contributed by atoms with van der Waals surface area (Å²) in [5, 5.41) is 9.18. The van der Waals surface area contributed by atoms with Gasteiger partial charge in [-0.3, -0.25) is 4.79 Å². The number of carboxylic acids is 1. The van der Waals surface area contributed by atoms with E-state index < -0.39 is 21.4 Å². The van der Waals surface area contributed by atoms with Crippen LogP contribution >= 0.6 is 0 Å². The van der Waals surface area contributed by atoms with Crippen molar-refractivity contribution >= 4 is 16.0 Å². The summed E-state index contributed by atoms with van der Waals surface area (Å²) in [4.78, 5) is 11.2. The van der Waals surface area contributed by atoms with Gasteiger partial charge in [-0.25, -0.2) is 13.1 Å². The second-order valence-electron chi connectivity index (χ2n) is 4.84. The van der Waals surface area contributed by atoms with Gasteiger partial charge in [0.15, 0.2) is 0 Å². The Bertz CT molecular complexity index is 369. The van der Waals surface area contributed by atoms with Crippen LogP contribution in [0.25, 0.3) is 0 Å². The van der Waals surface area contributed by atoms with Crippen molar-refractivity contribution in [3.05, 3.63) is 0 Å². The first-order chi connectivity index (χ1) is 7.85. The number of sulfonamides is 1. The first kappa shape index (κ1) is 14.4. The van der Waals surface area contributed by atoms with Gasteiger partial charge in [0.25, 0.3) is 0 Å². The van der Waals surface area contributed by atoms with Gasteiger partial charge < -0.3 is 5.11 Å². The fraction of sp³-hybridized carbons (Fsp3) is 0.909. The van der Waals surface area contributed by atoms with Crippen molar-refractivity contribution in [2.24, 2.45) is 11.3 Å². The van der Waals surface area contributed by atoms with Gasteiger partial charge in [-0.15, -0.1) is 0 Å². The summed E-state index contributed by atoms with van der Waals surface area (Å²) in [7, 11) is -3.32. The highest BCUT2D eigenvalue weighted by atomic mass is 32.2. The normalized spacial score (nSPS) is 17.1. The highest BCUT2D eigenvalue weighted by molar-refractivity contribution is 7.89. The maximum Gasteiger partial charge on any atom is 0.310 e. The van der Waals surface area contributed by atoms with E-state index in [2.05, 4.69) is 4.72 Å². The molecule has 1 aliphatic rings. The molecule has 0 spiro atoms. The van der Waals surface area contributed by atoms with Crippen LogP contribution in [0, 0.1) is 11.3 Å².